The second kappa shape index (κ2) is 3.97. The largest absolute Gasteiger partial charge is 0.508 e. The molecule has 2 rings (SSSR count). The maximum Gasteiger partial charge on any atom is 0.342 e. The number of benzene rings is 1. The number of aromatic hydroxyl groups is 1. The van der Waals surface area contributed by atoms with Crippen LogP contribution in [0.25, 0.3) is 11.3 Å². The Bertz CT molecular complexity index is 532. The number of aromatic nitrogens is 1. The van der Waals surface area contributed by atoms with Crippen LogP contribution < -0.4 is 0 Å². The molecule has 0 aliphatic heterocycles. The number of rotatable bonds is 2. The lowest BCUT2D eigenvalue weighted by Gasteiger charge is -1.97. The van der Waals surface area contributed by atoms with Crippen molar-refractivity contribution in [3.8, 4) is 17.0 Å². The lowest BCUT2D eigenvalue weighted by Crippen LogP contribution is -1.97. The summed E-state index contributed by atoms with van der Waals surface area (Å²) in [6.45, 7) is 0. The third-order valence-corrected chi connectivity index (χ3v) is 2.55. The highest BCUT2D eigenvalue weighted by Gasteiger charge is 2.21. The molecule has 1 aromatic carbocycles. The van der Waals surface area contributed by atoms with E-state index in [0.29, 0.717) is 5.56 Å². The SMILES string of the molecule is O=C(O)c1c(-c2ccc(O)cc2)noc1Br. The molecule has 2 aromatic rings. The first-order valence-electron chi connectivity index (χ1n) is 4.27. The number of aromatic carboxylic acids is 1. The fourth-order valence-corrected chi connectivity index (χ4v) is 1.70. The van der Waals surface area contributed by atoms with E-state index in [4.69, 9.17) is 14.7 Å². The van der Waals surface area contributed by atoms with Crippen molar-refractivity contribution in [2.45, 2.75) is 0 Å². The van der Waals surface area contributed by atoms with Crippen LogP contribution in [0, 0.1) is 0 Å². The van der Waals surface area contributed by atoms with E-state index in [1.54, 1.807) is 12.1 Å². The van der Waals surface area contributed by atoms with Crippen LogP contribution in [0.1, 0.15) is 10.4 Å². The number of phenols is 1. The zero-order valence-corrected chi connectivity index (χ0v) is 9.43. The predicted molar refractivity (Wildman–Crippen MR) is 58.3 cm³/mol. The van der Waals surface area contributed by atoms with E-state index in [-0.39, 0.29) is 21.7 Å². The van der Waals surface area contributed by atoms with E-state index in [1.807, 2.05) is 0 Å². The van der Waals surface area contributed by atoms with Gasteiger partial charge < -0.3 is 14.7 Å². The Kier molecular flexibility index (Phi) is 2.66. The lowest BCUT2D eigenvalue weighted by molar-refractivity contribution is 0.0695. The normalized spacial score (nSPS) is 10.3. The summed E-state index contributed by atoms with van der Waals surface area (Å²) in [5.41, 5.74) is 0.745. The topological polar surface area (TPSA) is 83.6 Å². The van der Waals surface area contributed by atoms with Crippen molar-refractivity contribution >= 4 is 21.9 Å². The molecule has 2 N–H and O–H groups in total. The van der Waals surface area contributed by atoms with Crippen LogP contribution in [0.4, 0.5) is 0 Å². The molecule has 5 nitrogen and oxygen atoms in total. The van der Waals surface area contributed by atoms with Crippen molar-refractivity contribution < 1.29 is 19.5 Å². The predicted octanol–water partition coefficient (Wildman–Crippen LogP) is 2.51. The van der Waals surface area contributed by atoms with Gasteiger partial charge in [0.15, 0.2) is 0 Å². The zero-order chi connectivity index (χ0) is 11.7. The molecule has 0 bridgehead atoms. The fourth-order valence-electron chi connectivity index (χ4n) is 1.27. The molecular weight excluding hydrogens is 278 g/mol. The minimum Gasteiger partial charge on any atom is -0.508 e. The molecule has 0 atom stereocenters. The molecule has 0 saturated heterocycles. The van der Waals surface area contributed by atoms with Gasteiger partial charge in [0.25, 0.3) is 0 Å². The Morgan fingerprint density at radius 2 is 1.94 bits per heavy atom. The Hall–Kier alpha value is -1.82. The van der Waals surface area contributed by atoms with Crippen molar-refractivity contribution in [3.63, 3.8) is 0 Å². The second-order valence-corrected chi connectivity index (χ2v) is 3.75. The minimum absolute atomic E-state index is 0.0364. The van der Waals surface area contributed by atoms with Crippen LogP contribution in [0.3, 0.4) is 0 Å². The van der Waals surface area contributed by atoms with Crippen LogP contribution in [-0.2, 0) is 0 Å². The average Bonchev–Trinajstić information content (AvgIpc) is 2.61. The third-order valence-electron chi connectivity index (χ3n) is 2.01. The molecule has 0 unspecified atom stereocenters. The standard InChI is InChI=1S/C10H6BrNO4/c11-9-7(10(14)15)8(12-16-9)5-1-3-6(13)4-2-5/h1-4,13H,(H,14,15). The summed E-state index contributed by atoms with van der Waals surface area (Å²) >= 11 is 2.97. The molecular formula is C10H6BrNO4. The molecule has 0 radical (unpaired) electrons. The van der Waals surface area contributed by atoms with E-state index in [2.05, 4.69) is 21.1 Å². The van der Waals surface area contributed by atoms with E-state index in [0.717, 1.165) is 0 Å². The van der Waals surface area contributed by atoms with Gasteiger partial charge in [-0.15, -0.1) is 0 Å². The highest BCUT2D eigenvalue weighted by Crippen LogP contribution is 2.29. The summed E-state index contributed by atoms with van der Waals surface area (Å²) in [7, 11) is 0. The first kappa shape index (κ1) is 10.7. The molecule has 0 aliphatic rings. The third kappa shape index (κ3) is 1.79. The van der Waals surface area contributed by atoms with E-state index >= 15 is 0 Å². The van der Waals surface area contributed by atoms with Gasteiger partial charge in [-0.3, -0.25) is 0 Å². The van der Waals surface area contributed by atoms with Crippen LogP contribution >= 0.6 is 15.9 Å². The first-order chi connectivity index (χ1) is 7.59. The van der Waals surface area contributed by atoms with Gasteiger partial charge in [0, 0.05) is 5.56 Å². The summed E-state index contributed by atoms with van der Waals surface area (Å²) in [5.74, 6) is -1.03. The molecule has 1 heterocycles. The molecule has 6 heteroatoms. The highest BCUT2D eigenvalue weighted by atomic mass is 79.9. The summed E-state index contributed by atoms with van der Waals surface area (Å²) in [6, 6.07) is 6.02. The molecule has 0 spiro atoms. The number of carbonyl (C=O) groups is 1. The molecule has 0 aliphatic carbocycles. The van der Waals surface area contributed by atoms with Gasteiger partial charge in [0.2, 0.25) is 4.67 Å². The van der Waals surface area contributed by atoms with E-state index < -0.39 is 5.97 Å². The van der Waals surface area contributed by atoms with Crippen LogP contribution in [-0.4, -0.2) is 21.3 Å². The number of carboxylic acids is 1. The zero-order valence-electron chi connectivity index (χ0n) is 7.85. The van der Waals surface area contributed by atoms with Crippen molar-refractivity contribution in [1.82, 2.24) is 5.16 Å². The Labute approximate surface area is 98.4 Å². The van der Waals surface area contributed by atoms with Gasteiger partial charge >= 0.3 is 5.97 Å². The van der Waals surface area contributed by atoms with Gasteiger partial charge in [-0.2, -0.15) is 0 Å². The summed E-state index contributed by atoms with van der Waals surface area (Å²) < 4.78 is 4.84. The van der Waals surface area contributed by atoms with Gasteiger partial charge in [0.05, 0.1) is 0 Å². The van der Waals surface area contributed by atoms with Crippen molar-refractivity contribution in [2.75, 3.05) is 0 Å². The van der Waals surface area contributed by atoms with Crippen molar-refractivity contribution in [1.29, 1.82) is 0 Å². The Morgan fingerprint density at radius 3 is 2.50 bits per heavy atom. The lowest BCUT2D eigenvalue weighted by atomic mass is 10.1. The van der Waals surface area contributed by atoms with Crippen LogP contribution in [0.15, 0.2) is 33.5 Å². The number of nitrogens with zero attached hydrogens (tertiary/aromatic N) is 1. The number of carboxylic acid groups (broad SMARTS) is 1. The van der Waals surface area contributed by atoms with Gasteiger partial charge in [-0.1, -0.05) is 5.16 Å². The number of phenolic OH excluding ortho intramolecular Hbond substituents is 1. The number of halogens is 1. The molecule has 82 valence electrons. The average molecular weight is 284 g/mol. The van der Waals surface area contributed by atoms with Gasteiger partial charge in [-0.05, 0) is 40.2 Å². The fraction of sp³-hybridized carbons (Fsp3) is 0. The summed E-state index contributed by atoms with van der Waals surface area (Å²) in [4.78, 5) is 11.0. The number of hydrogen-bond donors (Lipinski definition) is 2. The Morgan fingerprint density at radius 1 is 1.31 bits per heavy atom. The molecule has 1 aromatic heterocycles. The van der Waals surface area contributed by atoms with Crippen molar-refractivity contribution in [3.05, 3.63) is 34.5 Å². The van der Waals surface area contributed by atoms with Crippen LogP contribution in [0.2, 0.25) is 0 Å². The first-order valence-corrected chi connectivity index (χ1v) is 5.06. The second-order valence-electron chi connectivity index (χ2n) is 3.03. The monoisotopic (exact) mass is 283 g/mol. The maximum atomic E-state index is 11.0. The quantitative estimate of drug-likeness (QED) is 0.885. The number of hydrogen-bond acceptors (Lipinski definition) is 4. The summed E-state index contributed by atoms with van der Waals surface area (Å²) in [5, 5.41) is 21.7. The molecule has 0 amide bonds. The smallest absolute Gasteiger partial charge is 0.342 e. The van der Waals surface area contributed by atoms with Crippen LogP contribution in [0.5, 0.6) is 5.75 Å². The van der Waals surface area contributed by atoms with Gasteiger partial charge in [-0.25, -0.2) is 4.79 Å². The van der Waals surface area contributed by atoms with E-state index in [9.17, 15) is 4.79 Å². The Balaban J connectivity index is 2.56. The highest BCUT2D eigenvalue weighted by molar-refractivity contribution is 9.10. The van der Waals surface area contributed by atoms with Gasteiger partial charge in [0.1, 0.15) is 17.0 Å². The minimum atomic E-state index is -1.13. The van der Waals surface area contributed by atoms with Crippen molar-refractivity contribution in [2.24, 2.45) is 0 Å². The molecule has 16 heavy (non-hydrogen) atoms. The summed E-state index contributed by atoms with van der Waals surface area (Å²) in [6.07, 6.45) is 0. The van der Waals surface area contributed by atoms with E-state index in [1.165, 1.54) is 12.1 Å². The molecule has 0 saturated carbocycles. The maximum absolute atomic E-state index is 11.0. The molecule has 0 fully saturated rings.